The molecule has 0 unspecified atom stereocenters. The largest absolute Gasteiger partial charge is 0.493 e. The van der Waals surface area contributed by atoms with E-state index in [-0.39, 0.29) is 5.02 Å². The highest BCUT2D eigenvalue weighted by Crippen LogP contribution is 2.25. The van der Waals surface area contributed by atoms with E-state index in [0.29, 0.717) is 18.3 Å². The van der Waals surface area contributed by atoms with Crippen molar-refractivity contribution in [2.45, 2.75) is 32.1 Å². The lowest BCUT2D eigenvalue weighted by molar-refractivity contribution is 0.208. The Bertz CT molecular complexity index is 348. The molecule has 1 fully saturated rings. The second-order valence-corrected chi connectivity index (χ2v) is 4.80. The molecule has 0 spiro atoms. The molecule has 0 aromatic heterocycles. The number of ether oxygens (including phenoxy) is 1. The summed E-state index contributed by atoms with van der Waals surface area (Å²) >= 11 is 5.60. The van der Waals surface area contributed by atoms with Crippen molar-refractivity contribution < 1.29 is 9.13 Å². The van der Waals surface area contributed by atoms with Crippen molar-refractivity contribution in [3.05, 3.63) is 29.0 Å². The molecular formula is C13H16ClFO. The number of halogens is 2. The van der Waals surface area contributed by atoms with Crippen LogP contribution >= 0.6 is 11.6 Å². The smallest absolute Gasteiger partial charge is 0.145 e. The minimum Gasteiger partial charge on any atom is -0.493 e. The van der Waals surface area contributed by atoms with Crippen LogP contribution in [0.5, 0.6) is 5.75 Å². The topological polar surface area (TPSA) is 9.23 Å². The van der Waals surface area contributed by atoms with Crippen LogP contribution in [0.15, 0.2) is 18.2 Å². The van der Waals surface area contributed by atoms with Crippen LogP contribution in [0.25, 0.3) is 0 Å². The van der Waals surface area contributed by atoms with E-state index in [4.69, 9.17) is 16.3 Å². The second kappa shape index (κ2) is 5.53. The Balaban J connectivity index is 1.86. The van der Waals surface area contributed by atoms with Crippen molar-refractivity contribution in [3.8, 4) is 5.75 Å². The fourth-order valence-electron chi connectivity index (χ4n) is 2.13. The predicted octanol–water partition coefficient (Wildman–Crippen LogP) is 4.44. The summed E-state index contributed by atoms with van der Waals surface area (Å²) in [4.78, 5) is 0. The van der Waals surface area contributed by atoms with Gasteiger partial charge in [0, 0.05) is 6.07 Å². The van der Waals surface area contributed by atoms with Crippen molar-refractivity contribution in [3.63, 3.8) is 0 Å². The molecule has 1 aromatic carbocycles. The van der Waals surface area contributed by atoms with E-state index in [1.165, 1.54) is 44.2 Å². The van der Waals surface area contributed by atoms with Gasteiger partial charge >= 0.3 is 0 Å². The van der Waals surface area contributed by atoms with Gasteiger partial charge in [-0.15, -0.1) is 0 Å². The molecule has 1 nitrogen and oxygen atoms in total. The van der Waals surface area contributed by atoms with Gasteiger partial charge in [0.1, 0.15) is 11.6 Å². The van der Waals surface area contributed by atoms with Crippen molar-refractivity contribution in [1.29, 1.82) is 0 Å². The van der Waals surface area contributed by atoms with Gasteiger partial charge in [-0.05, 0) is 30.9 Å². The Morgan fingerprint density at radius 1 is 1.25 bits per heavy atom. The predicted molar refractivity (Wildman–Crippen MR) is 63.5 cm³/mol. The van der Waals surface area contributed by atoms with E-state index in [2.05, 4.69) is 0 Å². The Kier molecular flexibility index (Phi) is 4.05. The fraction of sp³-hybridized carbons (Fsp3) is 0.538. The molecule has 3 heteroatoms. The molecule has 0 aliphatic heterocycles. The molecular weight excluding hydrogens is 227 g/mol. The van der Waals surface area contributed by atoms with Gasteiger partial charge in [0.25, 0.3) is 0 Å². The molecule has 0 radical (unpaired) electrons. The Morgan fingerprint density at radius 2 is 2.00 bits per heavy atom. The number of hydrogen-bond acceptors (Lipinski definition) is 1. The van der Waals surface area contributed by atoms with Crippen molar-refractivity contribution in [2.75, 3.05) is 6.61 Å². The highest BCUT2D eigenvalue weighted by Gasteiger charge is 2.14. The van der Waals surface area contributed by atoms with E-state index < -0.39 is 5.82 Å². The molecule has 16 heavy (non-hydrogen) atoms. The summed E-state index contributed by atoms with van der Waals surface area (Å²) in [5.41, 5.74) is 0. The first kappa shape index (κ1) is 11.7. The molecule has 88 valence electrons. The lowest BCUT2D eigenvalue weighted by Crippen LogP contribution is -2.15. The molecule has 0 N–H and O–H groups in total. The maximum absolute atomic E-state index is 13.1. The van der Waals surface area contributed by atoms with E-state index in [0.717, 1.165) is 0 Å². The molecule has 1 aliphatic rings. The van der Waals surface area contributed by atoms with Crippen LogP contribution in [-0.2, 0) is 0 Å². The highest BCUT2D eigenvalue weighted by atomic mass is 35.5. The third-order valence-corrected chi connectivity index (χ3v) is 3.41. The highest BCUT2D eigenvalue weighted by molar-refractivity contribution is 6.30. The lowest BCUT2D eigenvalue weighted by Gasteiger charge is -2.21. The normalized spacial score (nSPS) is 17.4. The Morgan fingerprint density at radius 3 is 2.69 bits per heavy atom. The minimum atomic E-state index is -0.414. The molecule has 0 heterocycles. The van der Waals surface area contributed by atoms with Crippen LogP contribution < -0.4 is 4.74 Å². The standard InChI is InChI=1S/C13H16ClFO/c14-12-7-6-11(8-13(12)15)16-9-10-4-2-1-3-5-10/h6-8,10H,1-5,9H2. The van der Waals surface area contributed by atoms with Gasteiger partial charge in [0.15, 0.2) is 0 Å². The Labute approximate surface area is 101 Å². The summed E-state index contributed by atoms with van der Waals surface area (Å²) in [7, 11) is 0. The Hall–Kier alpha value is -0.760. The summed E-state index contributed by atoms with van der Waals surface area (Å²) in [6.07, 6.45) is 6.39. The summed E-state index contributed by atoms with van der Waals surface area (Å²) in [5.74, 6) is 0.794. The van der Waals surface area contributed by atoms with Crippen LogP contribution in [0.1, 0.15) is 32.1 Å². The first-order valence-corrected chi connectivity index (χ1v) is 6.21. The monoisotopic (exact) mass is 242 g/mol. The summed E-state index contributed by atoms with van der Waals surface area (Å²) in [5, 5.41) is 0.144. The summed E-state index contributed by atoms with van der Waals surface area (Å²) in [6, 6.07) is 4.60. The van der Waals surface area contributed by atoms with Gasteiger partial charge < -0.3 is 4.74 Å². The van der Waals surface area contributed by atoms with Crippen molar-refractivity contribution in [1.82, 2.24) is 0 Å². The zero-order valence-corrected chi connectivity index (χ0v) is 9.97. The van der Waals surface area contributed by atoms with E-state index in [1.54, 1.807) is 6.07 Å². The lowest BCUT2D eigenvalue weighted by atomic mass is 9.90. The third-order valence-electron chi connectivity index (χ3n) is 3.10. The van der Waals surface area contributed by atoms with Crippen molar-refractivity contribution in [2.24, 2.45) is 5.92 Å². The van der Waals surface area contributed by atoms with Crippen molar-refractivity contribution >= 4 is 11.6 Å². The van der Waals surface area contributed by atoms with Crippen LogP contribution in [0.3, 0.4) is 0 Å². The zero-order valence-electron chi connectivity index (χ0n) is 9.22. The van der Waals surface area contributed by atoms with E-state index in [9.17, 15) is 4.39 Å². The average Bonchev–Trinajstić information content (AvgIpc) is 2.32. The molecule has 2 rings (SSSR count). The summed E-state index contributed by atoms with van der Waals surface area (Å²) < 4.78 is 18.7. The number of benzene rings is 1. The molecule has 0 amide bonds. The SMILES string of the molecule is Fc1cc(OCC2CCCCC2)ccc1Cl. The maximum atomic E-state index is 13.1. The number of hydrogen-bond donors (Lipinski definition) is 0. The molecule has 0 bridgehead atoms. The molecule has 0 saturated heterocycles. The van der Waals surface area contributed by atoms with Gasteiger partial charge in [-0.2, -0.15) is 0 Å². The van der Waals surface area contributed by atoms with Gasteiger partial charge in [-0.1, -0.05) is 30.9 Å². The molecule has 1 aromatic rings. The van der Waals surface area contributed by atoms with Crippen LogP contribution in [-0.4, -0.2) is 6.61 Å². The zero-order chi connectivity index (χ0) is 11.4. The second-order valence-electron chi connectivity index (χ2n) is 4.39. The van der Waals surface area contributed by atoms with Crippen LogP contribution in [0.4, 0.5) is 4.39 Å². The quantitative estimate of drug-likeness (QED) is 0.762. The number of rotatable bonds is 3. The van der Waals surface area contributed by atoms with E-state index >= 15 is 0 Å². The van der Waals surface area contributed by atoms with E-state index in [1.807, 2.05) is 0 Å². The fourth-order valence-corrected chi connectivity index (χ4v) is 2.25. The minimum absolute atomic E-state index is 0.144. The third kappa shape index (κ3) is 3.11. The van der Waals surface area contributed by atoms with Crippen LogP contribution in [0.2, 0.25) is 5.02 Å². The van der Waals surface area contributed by atoms with Gasteiger partial charge in [0.05, 0.1) is 11.6 Å². The van der Waals surface area contributed by atoms with Gasteiger partial charge in [-0.3, -0.25) is 0 Å². The maximum Gasteiger partial charge on any atom is 0.145 e. The molecule has 1 saturated carbocycles. The van der Waals surface area contributed by atoms with Gasteiger partial charge in [0.2, 0.25) is 0 Å². The van der Waals surface area contributed by atoms with Gasteiger partial charge in [-0.25, -0.2) is 4.39 Å². The average molecular weight is 243 g/mol. The summed E-state index contributed by atoms with van der Waals surface area (Å²) in [6.45, 7) is 0.696. The molecule has 0 atom stereocenters. The molecule has 1 aliphatic carbocycles. The first-order chi connectivity index (χ1) is 7.75. The first-order valence-electron chi connectivity index (χ1n) is 5.83. The van der Waals surface area contributed by atoms with Crippen LogP contribution in [0, 0.1) is 11.7 Å².